The first-order valence-corrected chi connectivity index (χ1v) is 10.7. The fourth-order valence-corrected chi connectivity index (χ4v) is 4.09. The van der Waals surface area contributed by atoms with Gasteiger partial charge in [-0.25, -0.2) is 0 Å². The number of carbonyl (C=O) groups is 1. The van der Waals surface area contributed by atoms with Crippen LogP contribution in [-0.2, 0) is 17.4 Å². The zero-order valence-corrected chi connectivity index (χ0v) is 18.1. The number of methoxy groups -OCH3 is 1. The molecule has 0 aliphatic carbocycles. The molecule has 1 saturated heterocycles. The van der Waals surface area contributed by atoms with Crippen molar-refractivity contribution in [3.05, 3.63) is 77.6 Å². The van der Waals surface area contributed by atoms with E-state index in [2.05, 4.69) is 15.5 Å². The van der Waals surface area contributed by atoms with Gasteiger partial charge < -0.3 is 14.5 Å². The molecule has 2 aromatic carbocycles. The summed E-state index contributed by atoms with van der Waals surface area (Å²) in [7, 11) is 1.59. The number of hydrogen-bond donors (Lipinski definition) is 1. The highest BCUT2D eigenvalue weighted by Crippen LogP contribution is 2.32. The number of nitrogens with zero attached hydrogens (tertiary/aromatic N) is 2. The quantitative estimate of drug-likeness (QED) is 0.397. The molecule has 1 fully saturated rings. The molecule has 170 valence electrons. The van der Waals surface area contributed by atoms with Gasteiger partial charge in [0.2, 0.25) is 5.91 Å². The fourth-order valence-electron chi connectivity index (χ4n) is 3.13. The molecular weight excluding hydrogens is 455 g/mol. The van der Waals surface area contributed by atoms with Gasteiger partial charge in [0.15, 0.2) is 5.17 Å². The summed E-state index contributed by atoms with van der Waals surface area (Å²) in [6.07, 6.45) is -2.58. The van der Waals surface area contributed by atoms with Gasteiger partial charge in [-0.1, -0.05) is 36.0 Å². The van der Waals surface area contributed by atoms with E-state index in [1.54, 1.807) is 19.2 Å². The minimum absolute atomic E-state index is 0.158. The van der Waals surface area contributed by atoms with Crippen LogP contribution in [0.25, 0.3) is 11.3 Å². The number of hydrogen-bond acceptors (Lipinski definition) is 6. The lowest BCUT2D eigenvalue weighted by Gasteiger charge is -2.07. The number of alkyl halides is 3. The molecule has 2 heterocycles. The molecule has 1 atom stereocenters. The third-order valence-electron chi connectivity index (χ3n) is 4.79. The molecule has 4 rings (SSSR count). The van der Waals surface area contributed by atoms with Gasteiger partial charge in [-0.15, -0.1) is 5.10 Å². The van der Waals surface area contributed by atoms with Crippen molar-refractivity contribution in [2.45, 2.75) is 17.8 Å². The van der Waals surface area contributed by atoms with Crippen LogP contribution in [0.1, 0.15) is 16.9 Å². The Bertz CT molecular complexity index is 1200. The average molecular weight is 473 g/mol. The highest BCUT2D eigenvalue weighted by molar-refractivity contribution is 8.15. The molecule has 10 heteroatoms. The molecule has 1 aromatic heterocycles. The zero-order chi connectivity index (χ0) is 23.4. The minimum atomic E-state index is -4.43. The average Bonchev–Trinajstić information content (AvgIpc) is 3.41. The van der Waals surface area contributed by atoms with Gasteiger partial charge in [0, 0.05) is 5.56 Å². The molecular formula is C23H18F3N3O3S. The fraction of sp³-hybridized carbons (Fsp3) is 0.174. The van der Waals surface area contributed by atoms with Crippen LogP contribution in [0.5, 0.6) is 5.75 Å². The Morgan fingerprint density at radius 1 is 1.15 bits per heavy atom. The standard InChI is InChI=1S/C23H18F3N3O3S/c1-31-17-7-5-14(6-8-17)11-20-21(30)28-22(33-20)29-27-13-18-9-10-19(32-18)15-3-2-4-16(12-15)23(24,25)26/h2-10,12-13,20H,11H2,1H3,(H,28,29,30)/b27-13-/t20-/m0/s1. The topological polar surface area (TPSA) is 76.2 Å². The lowest BCUT2D eigenvalue weighted by molar-refractivity contribution is -0.137. The monoisotopic (exact) mass is 473 g/mol. The van der Waals surface area contributed by atoms with E-state index in [0.717, 1.165) is 23.4 Å². The Balaban J connectivity index is 1.38. The minimum Gasteiger partial charge on any atom is -0.497 e. The highest BCUT2D eigenvalue weighted by atomic mass is 32.2. The lowest BCUT2D eigenvalue weighted by atomic mass is 10.1. The van der Waals surface area contributed by atoms with Gasteiger partial charge in [-0.2, -0.15) is 18.3 Å². The van der Waals surface area contributed by atoms with E-state index in [1.807, 2.05) is 24.3 Å². The van der Waals surface area contributed by atoms with Gasteiger partial charge in [-0.3, -0.25) is 4.79 Å². The van der Waals surface area contributed by atoms with Crippen LogP contribution in [-0.4, -0.2) is 29.6 Å². The largest absolute Gasteiger partial charge is 0.497 e. The molecule has 1 N–H and O–H groups in total. The maximum atomic E-state index is 12.9. The summed E-state index contributed by atoms with van der Waals surface area (Å²) >= 11 is 1.27. The van der Waals surface area contributed by atoms with Crippen molar-refractivity contribution in [1.82, 2.24) is 5.32 Å². The molecule has 1 amide bonds. The van der Waals surface area contributed by atoms with Crippen molar-refractivity contribution in [3.63, 3.8) is 0 Å². The van der Waals surface area contributed by atoms with Gasteiger partial charge in [0.1, 0.15) is 17.3 Å². The predicted molar refractivity (Wildman–Crippen MR) is 120 cm³/mol. The summed E-state index contributed by atoms with van der Waals surface area (Å²) in [5, 5.41) is 10.6. The number of ether oxygens (including phenoxy) is 1. The van der Waals surface area contributed by atoms with E-state index in [0.29, 0.717) is 22.9 Å². The number of thioether (sulfide) groups is 1. The SMILES string of the molecule is COc1ccc(C[C@@H]2S/C(=N\N=C/c3ccc(-c4cccc(C(F)(F)F)c4)o3)NC2=O)cc1. The number of halogens is 3. The number of benzene rings is 2. The second-order valence-corrected chi connectivity index (χ2v) is 8.27. The third-order valence-corrected chi connectivity index (χ3v) is 5.86. The van der Waals surface area contributed by atoms with Crippen LogP contribution in [0.4, 0.5) is 13.2 Å². The van der Waals surface area contributed by atoms with Crippen molar-refractivity contribution in [1.29, 1.82) is 0 Å². The van der Waals surface area contributed by atoms with Gasteiger partial charge >= 0.3 is 6.18 Å². The molecule has 0 spiro atoms. The lowest BCUT2D eigenvalue weighted by Crippen LogP contribution is -2.25. The summed E-state index contributed by atoms with van der Waals surface area (Å²) in [5.41, 5.74) is 0.540. The summed E-state index contributed by atoms with van der Waals surface area (Å²) in [6, 6.07) is 15.5. The first-order valence-electron chi connectivity index (χ1n) is 9.81. The molecule has 0 saturated carbocycles. The van der Waals surface area contributed by atoms with Crippen molar-refractivity contribution in [3.8, 4) is 17.1 Å². The number of carbonyl (C=O) groups excluding carboxylic acids is 1. The Morgan fingerprint density at radius 3 is 2.67 bits per heavy atom. The van der Waals surface area contributed by atoms with Crippen LogP contribution in [0.15, 0.2) is 75.3 Å². The Hall–Kier alpha value is -3.53. The van der Waals surface area contributed by atoms with Crippen LogP contribution in [0.2, 0.25) is 0 Å². The van der Waals surface area contributed by atoms with Crippen LogP contribution in [0.3, 0.4) is 0 Å². The number of amides is 1. The van der Waals surface area contributed by atoms with Crippen LogP contribution < -0.4 is 10.1 Å². The first kappa shape index (κ1) is 22.7. The number of nitrogens with one attached hydrogen (secondary N) is 1. The van der Waals surface area contributed by atoms with Gasteiger partial charge in [0.25, 0.3) is 0 Å². The second kappa shape index (κ2) is 9.53. The van der Waals surface area contributed by atoms with Crippen LogP contribution in [0, 0.1) is 0 Å². The molecule has 0 radical (unpaired) electrons. The van der Waals surface area contributed by atoms with E-state index in [-0.39, 0.29) is 16.9 Å². The normalized spacial score (nSPS) is 17.6. The van der Waals surface area contributed by atoms with Crippen molar-refractivity contribution < 1.29 is 27.1 Å². The van der Waals surface area contributed by atoms with E-state index < -0.39 is 11.7 Å². The van der Waals surface area contributed by atoms with Crippen molar-refractivity contribution >= 4 is 29.1 Å². The number of rotatable bonds is 6. The van der Waals surface area contributed by atoms with E-state index >= 15 is 0 Å². The summed E-state index contributed by atoms with van der Waals surface area (Å²) in [6.45, 7) is 0. The molecule has 1 aliphatic heterocycles. The molecule has 1 aliphatic rings. The third kappa shape index (κ3) is 5.64. The Morgan fingerprint density at radius 2 is 1.94 bits per heavy atom. The molecule has 3 aromatic rings. The highest BCUT2D eigenvalue weighted by Gasteiger charge is 2.31. The summed E-state index contributed by atoms with van der Waals surface area (Å²) in [4.78, 5) is 12.2. The van der Waals surface area contributed by atoms with E-state index in [4.69, 9.17) is 9.15 Å². The number of furan rings is 1. The van der Waals surface area contributed by atoms with Crippen molar-refractivity contribution in [2.24, 2.45) is 10.2 Å². The van der Waals surface area contributed by atoms with E-state index in [1.165, 1.54) is 30.1 Å². The Labute approximate surface area is 191 Å². The Kier molecular flexibility index (Phi) is 6.55. The molecule has 6 nitrogen and oxygen atoms in total. The second-order valence-electron chi connectivity index (χ2n) is 7.08. The van der Waals surface area contributed by atoms with E-state index in [9.17, 15) is 18.0 Å². The number of amidine groups is 1. The maximum absolute atomic E-state index is 12.9. The maximum Gasteiger partial charge on any atom is 0.416 e. The van der Waals surface area contributed by atoms with Gasteiger partial charge in [0.05, 0.1) is 24.1 Å². The summed E-state index contributed by atoms with van der Waals surface area (Å²) in [5.74, 6) is 1.18. The zero-order valence-electron chi connectivity index (χ0n) is 17.3. The van der Waals surface area contributed by atoms with Crippen LogP contribution >= 0.6 is 11.8 Å². The molecule has 33 heavy (non-hydrogen) atoms. The van der Waals surface area contributed by atoms with Gasteiger partial charge in [-0.05, 0) is 48.4 Å². The smallest absolute Gasteiger partial charge is 0.416 e. The predicted octanol–water partition coefficient (Wildman–Crippen LogP) is 5.14. The first-order chi connectivity index (χ1) is 15.8. The summed E-state index contributed by atoms with van der Waals surface area (Å²) < 4.78 is 49.4. The molecule has 0 unspecified atom stereocenters. The van der Waals surface area contributed by atoms with Crippen molar-refractivity contribution in [2.75, 3.05) is 7.11 Å². The molecule has 0 bridgehead atoms.